The summed E-state index contributed by atoms with van der Waals surface area (Å²) in [4.78, 5) is 28.2. The van der Waals surface area contributed by atoms with Crippen molar-refractivity contribution in [3.63, 3.8) is 0 Å². The number of carbonyl (C=O) groups is 2. The van der Waals surface area contributed by atoms with Crippen LogP contribution in [-0.2, 0) is 4.79 Å². The molecule has 0 bridgehead atoms. The maximum Gasteiger partial charge on any atom is 0.253 e. The molecule has 1 N–H and O–H groups in total. The van der Waals surface area contributed by atoms with Crippen LogP contribution in [0.25, 0.3) is 6.08 Å². The molecule has 0 atom stereocenters. The summed E-state index contributed by atoms with van der Waals surface area (Å²) in [7, 11) is 0. The van der Waals surface area contributed by atoms with E-state index >= 15 is 0 Å². The molecule has 6 heteroatoms. The molecule has 5 nitrogen and oxygen atoms in total. The molecule has 0 aliphatic carbocycles. The first-order valence-electron chi connectivity index (χ1n) is 9.35. The standard InChI is InChI=1S/C22H24ClN3O2/c23-17-21(27)24-20-10-8-19(9-11-20)22(28)26-15-13-25(14-16-26)12-4-7-18-5-2-1-3-6-18/h1-11H,12-17H2,(H,24,27). The number of piperazine rings is 1. The molecule has 2 amide bonds. The summed E-state index contributed by atoms with van der Waals surface area (Å²) in [6, 6.07) is 17.2. The summed E-state index contributed by atoms with van der Waals surface area (Å²) in [5.41, 5.74) is 2.46. The zero-order valence-corrected chi connectivity index (χ0v) is 16.4. The lowest BCUT2D eigenvalue weighted by molar-refractivity contribution is -0.113. The highest BCUT2D eigenvalue weighted by Crippen LogP contribution is 2.13. The minimum absolute atomic E-state index is 0.0229. The van der Waals surface area contributed by atoms with E-state index in [1.807, 2.05) is 23.1 Å². The first-order chi connectivity index (χ1) is 13.7. The van der Waals surface area contributed by atoms with Gasteiger partial charge in [-0.1, -0.05) is 42.5 Å². The van der Waals surface area contributed by atoms with Gasteiger partial charge in [-0.15, -0.1) is 11.6 Å². The van der Waals surface area contributed by atoms with Crippen molar-refractivity contribution in [2.45, 2.75) is 0 Å². The van der Waals surface area contributed by atoms with Crippen LogP contribution in [0.5, 0.6) is 0 Å². The predicted molar refractivity (Wildman–Crippen MR) is 114 cm³/mol. The highest BCUT2D eigenvalue weighted by atomic mass is 35.5. The van der Waals surface area contributed by atoms with E-state index in [0.29, 0.717) is 24.3 Å². The van der Waals surface area contributed by atoms with Crippen LogP contribution >= 0.6 is 11.6 Å². The molecule has 3 rings (SSSR count). The Labute approximate surface area is 170 Å². The Morgan fingerprint density at radius 1 is 0.964 bits per heavy atom. The zero-order valence-electron chi connectivity index (χ0n) is 15.7. The van der Waals surface area contributed by atoms with E-state index in [2.05, 4.69) is 34.5 Å². The van der Waals surface area contributed by atoms with Gasteiger partial charge >= 0.3 is 0 Å². The van der Waals surface area contributed by atoms with Gasteiger partial charge in [-0.05, 0) is 29.8 Å². The van der Waals surface area contributed by atoms with Crippen molar-refractivity contribution in [2.75, 3.05) is 43.9 Å². The normalized spacial score (nSPS) is 15.0. The number of halogens is 1. The third-order valence-electron chi connectivity index (χ3n) is 4.67. The number of rotatable bonds is 6. The fourth-order valence-electron chi connectivity index (χ4n) is 3.11. The van der Waals surface area contributed by atoms with Gasteiger partial charge in [-0.2, -0.15) is 0 Å². The van der Waals surface area contributed by atoms with Crippen LogP contribution in [0.2, 0.25) is 0 Å². The van der Waals surface area contributed by atoms with Gasteiger partial charge in [0.05, 0.1) is 0 Å². The van der Waals surface area contributed by atoms with E-state index < -0.39 is 0 Å². The van der Waals surface area contributed by atoms with Crippen LogP contribution in [0.15, 0.2) is 60.7 Å². The largest absolute Gasteiger partial charge is 0.336 e. The Morgan fingerprint density at radius 3 is 2.29 bits per heavy atom. The summed E-state index contributed by atoms with van der Waals surface area (Å²) >= 11 is 5.48. The molecule has 0 unspecified atom stereocenters. The number of hydrogen-bond donors (Lipinski definition) is 1. The number of carbonyl (C=O) groups excluding carboxylic acids is 2. The van der Waals surface area contributed by atoms with Crippen molar-refractivity contribution in [3.8, 4) is 0 Å². The van der Waals surface area contributed by atoms with Crippen molar-refractivity contribution in [2.24, 2.45) is 0 Å². The number of nitrogens with zero attached hydrogens (tertiary/aromatic N) is 2. The monoisotopic (exact) mass is 397 g/mol. The summed E-state index contributed by atoms with van der Waals surface area (Å²) in [6.45, 7) is 4.01. The van der Waals surface area contributed by atoms with E-state index in [1.54, 1.807) is 24.3 Å². The lowest BCUT2D eigenvalue weighted by atomic mass is 10.1. The van der Waals surface area contributed by atoms with Crippen LogP contribution < -0.4 is 5.32 Å². The molecule has 1 saturated heterocycles. The first-order valence-corrected chi connectivity index (χ1v) is 9.88. The van der Waals surface area contributed by atoms with Crippen LogP contribution in [0.1, 0.15) is 15.9 Å². The van der Waals surface area contributed by atoms with Crippen molar-refractivity contribution < 1.29 is 9.59 Å². The van der Waals surface area contributed by atoms with Crippen molar-refractivity contribution in [1.29, 1.82) is 0 Å². The van der Waals surface area contributed by atoms with Crippen LogP contribution in [0.3, 0.4) is 0 Å². The molecular weight excluding hydrogens is 374 g/mol. The molecule has 0 aromatic heterocycles. The van der Waals surface area contributed by atoms with Gasteiger partial charge in [0.2, 0.25) is 5.91 Å². The molecular formula is C22H24ClN3O2. The third-order valence-corrected chi connectivity index (χ3v) is 4.91. The fourth-order valence-corrected chi connectivity index (χ4v) is 3.18. The van der Waals surface area contributed by atoms with Crippen molar-refractivity contribution in [3.05, 3.63) is 71.8 Å². The number of nitrogens with one attached hydrogen (secondary N) is 1. The van der Waals surface area contributed by atoms with Crippen molar-refractivity contribution in [1.82, 2.24) is 9.80 Å². The summed E-state index contributed by atoms with van der Waals surface area (Å²) < 4.78 is 0. The van der Waals surface area contributed by atoms with E-state index in [9.17, 15) is 9.59 Å². The maximum absolute atomic E-state index is 12.7. The van der Waals surface area contributed by atoms with Crippen LogP contribution in [0.4, 0.5) is 5.69 Å². The van der Waals surface area contributed by atoms with Gasteiger partial charge in [0.25, 0.3) is 5.91 Å². The Morgan fingerprint density at radius 2 is 1.64 bits per heavy atom. The summed E-state index contributed by atoms with van der Waals surface area (Å²) in [6.07, 6.45) is 4.29. The quantitative estimate of drug-likeness (QED) is 0.760. The van der Waals surface area contributed by atoms with E-state index in [0.717, 1.165) is 19.6 Å². The first kappa shape index (κ1) is 20.1. The molecule has 1 aliphatic heterocycles. The Bertz CT molecular complexity index is 813. The molecule has 28 heavy (non-hydrogen) atoms. The molecule has 1 aliphatic rings. The predicted octanol–water partition coefficient (Wildman–Crippen LogP) is 3.34. The van der Waals surface area contributed by atoms with Gasteiger partial charge in [0.1, 0.15) is 5.88 Å². The number of anilines is 1. The smallest absolute Gasteiger partial charge is 0.253 e. The molecule has 2 aromatic carbocycles. The number of hydrogen-bond acceptors (Lipinski definition) is 3. The third kappa shape index (κ3) is 5.68. The Balaban J connectivity index is 1.47. The van der Waals surface area contributed by atoms with Gasteiger partial charge in [0, 0.05) is 44.0 Å². The van der Waals surface area contributed by atoms with Gasteiger partial charge in [-0.3, -0.25) is 14.5 Å². The highest BCUT2D eigenvalue weighted by molar-refractivity contribution is 6.29. The van der Waals surface area contributed by atoms with Crippen LogP contribution in [-0.4, -0.2) is 60.2 Å². The maximum atomic E-state index is 12.7. The Kier molecular flexibility index (Phi) is 7.23. The van der Waals surface area contributed by atoms with Gasteiger partial charge in [-0.25, -0.2) is 0 Å². The molecule has 2 aromatic rings. The summed E-state index contributed by atoms with van der Waals surface area (Å²) in [5.74, 6) is -0.334. The molecule has 0 saturated carbocycles. The fraction of sp³-hybridized carbons (Fsp3) is 0.273. The number of amides is 2. The zero-order chi connectivity index (χ0) is 19.8. The topological polar surface area (TPSA) is 52.7 Å². The molecule has 1 heterocycles. The SMILES string of the molecule is O=C(CCl)Nc1ccc(C(=O)N2CCN(CC=Cc3ccccc3)CC2)cc1. The average Bonchev–Trinajstić information content (AvgIpc) is 2.75. The van der Waals surface area contributed by atoms with Gasteiger partial charge in [0.15, 0.2) is 0 Å². The lowest BCUT2D eigenvalue weighted by Crippen LogP contribution is -2.48. The number of alkyl halides is 1. The van der Waals surface area contributed by atoms with Gasteiger partial charge < -0.3 is 10.2 Å². The number of benzene rings is 2. The molecule has 146 valence electrons. The average molecular weight is 398 g/mol. The molecule has 0 radical (unpaired) electrons. The Hall–Kier alpha value is -2.63. The second-order valence-corrected chi connectivity index (χ2v) is 6.93. The minimum atomic E-state index is -0.266. The molecule has 1 fully saturated rings. The lowest BCUT2D eigenvalue weighted by Gasteiger charge is -2.34. The van der Waals surface area contributed by atoms with E-state index in [4.69, 9.17) is 11.6 Å². The highest BCUT2D eigenvalue weighted by Gasteiger charge is 2.21. The van der Waals surface area contributed by atoms with E-state index in [-0.39, 0.29) is 17.7 Å². The van der Waals surface area contributed by atoms with E-state index in [1.165, 1.54) is 5.56 Å². The van der Waals surface area contributed by atoms with Crippen LogP contribution in [0, 0.1) is 0 Å². The second-order valence-electron chi connectivity index (χ2n) is 6.67. The van der Waals surface area contributed by atoms with Crippen molar-refractivity contribution >= 4 is 35.2 Å². The second kappa shape index (κ2) is 10.1. The summed E-state index contributed by atoms with van der Waals surface area (Å²) in [5, 5.41) is 2.67. The molecule has 0 spiro atoms. The minimum Gasteiger partial charge on any atom is -0.336 e.